The molecule has 2 N–H and O–H groups in total. The number of hydrogen-bond acceptors (Lipinski definition) is 5. The van der Waals surface area contributed by atoms with Crippen molar-refractivity contribution in [2.45, 2.75) is 0 Å². The fourth-order valence-electron chi connectivity index (χ4n) is 1.49. The highest BCUT2D eigenvalue weighted by Gasteiger charge is 2.12. The first-order valence-corrected chi connectivity index (χ1v) is 5.59. The number of halogens is 1. The highest BCUT2D eigenvalue weighted by Crippen LogP contribution is 2.28. The van der Waals surface area contributed by atoms with E-state index in [9.17, 15) is 0 Å². The van der Waals surface area contributed by atoms with E-state index in [1.807, 2.05) is 6.07 Å². The Morgan fingerprint density at radius 1 is 1.25 bits per heavy atom. The Morgan fingerprint density at radius 2 is 2.12 bits per heavy atom. The van der Waals surface area contributed by atoms with Gasteiger partial charge in [0.2, 0.25) is 0 Å². The summed E-state index contributed by atoms with van der Waals surface area (Å²) < 4.78 is 9.97. The third kappa shape index (κ3) is 1.35. The summed E-state index contributed by atoms with van der Waals surface area (Å²) in [7, 11) is 0. The SMILES string of the molecule is Nc1ccn(-c2c(Cl)ccc3nsnc23)n1. The van der Waals surface area contributed by atoms with Crippen LogP contribution in [-0.2, 0) is 0 Å². The van der Waals surface area contributed by atoms with Crippen molar-refractivity contribution in [3.8, 4) is 5.69 Å². The van der Waals surface area contributed by atoms with Gasteiger partial charge in [0.15, 0.2) is 0 Å². The molecule has 0 saturated heterocycles. The van der Waals surface area contributed by atoms with Gasteiger partial charge in [0, 0.05) is 12.3 Å². The van der Waals surface area contributed by atoms with E-state index in [1.165, 1.54) is 0 Å². The molecule has 0 bridgehead atoms. The van der Waals surface area contributed by atoms with Gasteiger partial charge in [-0.25, -0.2) is 4.68 Å². The van der Waals surface area contributed by atoms with E-state index in [0.717, 1.165) is 22.8 Å². The lowest BCUT2D eigenvalue weighted by atomic mass is 10.2. The summed E-state index contributed by atoms with van der Waals surface area (Å²) in [5, 5.41) is 4.69. The van der Waals surface area contributed by atoms with Crippen molar-refractivity contribution >= 4 is 40.2 Å². The van der Waals surface area contributed by atoms with Crippen LogP contribution in [0.25, 0.3) is 16.7 Å². The highest BCUT2D eigenvalue weighted by molar-refractivity contribution is 7.00. The molecule has 0 fully saturated rings. The minimum Gasteiger partial charge on any atom is -0.382 e. The van der Waals surface area contributed by atoms with Crippen LogP contribution in [0.3, 0.4) is 0 Å². The van der Waals surface area contributed by atoms with Crippen molar-refractivity contribution in [2.75, 3.05) is 5.73 Å². The van der Waals surface area contributed by atoms with Crippen LogP contribution < -0.4 is 5.73 Å². The molecular weight excluding hydrogens is 246 g/mol. The fraction of sp³-hybridized carbons (Fsp3) is 0. The van der Waals surface area contributed by atoms with E-state index >= 15 is 0 Å². The van der Waals surface area contributed by atoms with Crippen LogP contribution in [0.1, 0.15) is 0 Å². The molecule has 0 unspecified atom stereocenters. The van der Waals surface area contributed by atoms with E-state index in [0.29, 0.717) is 16.5 Å². The molecule has 3 rings (SSSR count). The Balaban J connectivity index is 2.36. The molecule has 1 aromatic carbocycles. The van der Waals surface area contributed by atoms with Gasteiger partial charge in [-0.3, -0.25) is 0 Å². The number of fused-ring (bicyclic) bond motifs is 1. The van der Waals surface area contributed by atoms with Crippen LogP contribution in [0.2, 0.25) is 5.02 Å². The zero-order valence-corrected chi connectivity index (χ0v) is 9.53. The number of nitrogens with two attached hydrogens (primary N) is 1. The van der Waals surface area contributed by atoms with Gasteiger partial charge >= 0.3 is 0 Å². The van der Waals surface area contributed by atoms with Crippen molar-refractivity contribution < 1.29 is 0 Å². The Kier molecular flexibility index (Phi) is 2.05. The van der Waals surface area contributed by atoms with Crippen LogP contribution in [-0.4, -0.2) is 18.5 Å². The lowest BCUT2D eigenvalue weighted by Gasteiger charge is -2.03. The number of nitrogens with zero attached hydrogens (tertiary/aromatic N) is 4. The second-order valence-corrected chi connectivity index (χ2v) is 4.15. The molecular formula is C9H6ClN5S. The van der Waals surface area contributed by atoms with Crippen LogP contribution in [0, 0.1) is 0 Å². The van der Waals surface area contributed by atoms with Crippen molar-refractivity contribution in [3.05, 3.63) is 29.4 Å². The van der Waals surface area contributed by atoms with Gasteiger partial charge in [0.1, 0.15) is 22.5 Å². The lowest BCUT2D eigenvalue weighted by molar-refractivity contribution is 0.892. The second kappa shape index (κ2) is 3.43. The summed E-state index contributed by atoms with van der Waals surface area (Å²) in [6.45, 7) is 0. The van der Waals surface area contributed by atoms with Gasteiger partial charge in [0.05, 0.1) is 16.8 Å². The molecule has 0 aliphatic heterocycles. The van der Waals surface area contributed by atoms with E-state index < -0.39 is 0 Å². The molecule has 5 nitrogen and oxygen atoms in total. The van der Waals surface area contributed by atoms with Crippen LogP contribution >= 0.6 is 23.3 Å². The number of anilines is 1. The third-order valence-corrected chi connectivity index (χ3v) is 3.04. The van der Waals surface area contributed by atoms with Gasteiger partial charge in [0.25, 0.3) is 0 Å². The highest BCUT2D eigenvalue weighted by atomic mass is 35.5. The van der Waals surface area contributed by atoms with Crippen molar-refractivity contribution in [3.63, 3.8) is 0 Å². The first-order chi connectivity index (χ1) is 7.75. The van der Waals surface area contributed by atoms with Crippen LogP contribution in [0.15, 0.2) is 24.4 Å². The molecule has 2 heterocycles. The Morgan fingerprint density at radius 3 is 2.88 bits per heavy atom. The number of nitrogen functional groups attached to an aromatic ring is 1. The molecule has 80 valence electrons. The quantitative estimate of drug-likeness (QED) is 0.719. The van der Waals surface area contributed by atoms with E-state index in [4.69, 9.17) is 17.3 Å². The van der Waals surface area contributed by atoms with Crippen molar-refractivity contribution in [2.24, 2.45) is 0 Å². The summed E-state index contributed by atoms with van der Waals surface area (Å²) in [5.74, 6) is 0.441. The van der Waals surface area contributed by atoms with E-state index in [1.54, 1.807) is 23.0 Å². The van der Waals surface area contributed by atoms with E-state index in [-0.39, 0.29) is 0 Å². The summed E-state index contributed by atoms with van der Waals surface area (Å²) in [6.07, 6.45) is 1.75. The zero-order chi connectivity index (χ0) is 11.1. The third-order valence-electron chi connectivity index (χ3n) is 2.19. The molecule has 0 atom stereocenters. The van der Waals surface area contributed by atoms with Gasteiger partial charge in [-0.15, -0.1) is 0 Å². The number of rotatable bonds is 1. The molecule has 0 saturated carbocycles. The van der Waals surface area contributed by atoms with Gasteiger partial charge < -0.3 is 5.73 Å². The maximum Gasteiger partial charge on any atom is 0.145 e. The average Bonchev–Trinajstić information content (AvgIpc) is 2.86. The molecule has 0 radical (unpaired) electrons. The largest absolute Gasteiger partial charge is 0.382 e. The number of benzene rings is 1. The molecule has 16 heavy (non-hydrogen) atoms. The topological polar surface area (TPSA) is 69.6 Å². The predicted octanol–water partition coefficient (Wildman–Crippen LogP) is 2.11. The molecule has 0 amide bonds. The minimum atomic E-state index is 0.441. The average molecular weight is 252 g/mol. The van der Waals surface area contributed by atoms with Gasteiger partial charge in [-0.1, -0.05) is 11.6 Å². The van der Waals surface area contributed by atoms with Gasteiger partial charge in [-0.2, -0.15) is 13.8 Å². The van der Waals surface area contributed by atoms with Crippen molar-refractivity contribution in [1.82, 2.24) is 18.5 Å². The molecule has 0 spiro atoms. The lowest BCUT2D eigenvalue weighted by Crippen LogP contribution is -1.98. The van der Waals surface area contributed by atoms with Crippen LogP contribution in [0.4, 0.5) is 5.82 Å². The Labute approximate surface area is 99.8 Å². The standard InChI is InChI=1S/C9H6ClN5S/c10-5-1-2-6-8(14-16-13-6)9(5)15-4-3-7(11)12-15/h1-4H,(H2,11,12). The summed E-state index contributed by atoms with van der Waals surface area (Å²) >= 11 is 7.29. The monoisotopic (exact) mass is 251 g/mol. The zero-order valence-electron chi connectivity index (χ0n) is 7.96. The Hall–Kier alpha value is -1.66. The van der Waals surface area contributed by atoms with Crippen molar-refractivity contribution in [1.29, 1.82) is 0 Å². The number of aromatic nitrogens is 4. The maximum absolute atomic E-state index is 6.14. The van der Waals surface area contributed by atoms with E-state index in [2.05, 4.69) is 13.8 Å². The normalized spacial score (nSPS) is 11.1. The molecule has 3 aromatic rings. The van der Waals surface area contributed by atoms with Gasteiger partial charge in [-0.05, 0) is 12.1 Å². The molecule has 2 aromatic heterocycles. The number of hydrogen-bond donors (Lipinski definition) is 1. The minimum absolute atomic E-state index is 0.441. The predicted molar refractivity (Wildman–Crippen MR) is 64.0 cm³/mol. The molecule has 0 aliphatic carbocycles. The van der Waals surface area contributed by atoms with Crippen LogP contribution in [0.5, 0.6) is 0 Å². The fourth-order valence-corrected chi connectivity index (χ4v) is 2.27. The molecule has 0 aliphatic rings. The first-order valence-electron chi connectivity index (χ1n) is 4.48. The summed E-state index contributed by atoms with van der Waals surface area (Å²) in [6, 6.07) is 5.31. The first kappa shape index (κ1) is 9.56. The smallest absolute Gasteiger partial charge is 0.145 e. The summed E-state index contributed by atoms with van der Waals surface area (Å²) in [4.78, 5) is 0. The Bertz CT molecular complexity index is 659. The summed E-state index contributed by atoms with van der Waals surface area (Å²) in [5.41, 5.74) is 7.83. The molecule has 7 heteroatoms. The second-order valence-electron chi connectivity index (χ2n) is 3.21. The maximum atomic E-state index is 6.14.